The van der Waals surface area contributed by atoms with Crippen LogP contribution in [-0.4, -0.2) is 16.1 Å². The summed E-state index contributed by atoms with van der Waals surface area (Å²) in [5.74, 6) is -0.847. The minimum Gasteiger partial charge on any atom is -0.481 e. The van der Waals surface area contributed by atoms with E-state index in [4.69, 9.17) is 10.4 Å². The molecular formula is C14H11FN2O2S2. The Kier molecular flexibility index (Phi) is 4.94. The molecule has 0 saturated carbocycles. The molecule has 1 N–H and O–H groups in total. The summed E-state index contributed by atoms with van der Waals surface area (Å²) in [6, 6.07) is 6.12. The molecule has 1 heterocycles. The number of benzene rings is 1. The van der Waals surface area contributed by atoms with Gasteiger partial charge in [-0.05, 0) is 30.7 Å². The number of hydrogen-bond acceptors (Lipinski definition) is 5. The van der Waals surface area contributed by atoms with Crippen molar-refractivity contribution < 1.29 is 14.3 Å². The first-order valence-electron chi connectivity index (χ1n) is 5.98. The second-order valence-corrected chi connectivity index (χ2v) is 6.61. The maximum atomic E-state index is 13.3. The SMILES string of the molecule is Cc1nc(SCc2cc(F)cc(C#N)c2)sc1CC(=O)O. The third-order valence-corrected chi connectivity index (χ3v) is 5.01. The lowest BCUT2D eigenvalue weighted by Crippen LogP contribution is -1.99. The lowest BCUT2D eigenvalue weighted by molar-refractivity contribution is -0.136. The first-order chi connectivity index (χ1) is 9.97. The average molecular weight is 322 g/mol. The number of halogens is 1. The van der Waals surface area contributed by atoms with Crippen molar-refractivity contribution >= 4 is 29.1 Å². The molecule has 108 valence electrons. The van der Waals surface area contributed by atoms with Crippen molar-refractivity contribution in [2.24, 2.45) is 0 Å². The molecular weight excluding hydrogens is 311 g/mol. The topological polar surface area (TPSA) is 74.0 Å². The van der Waals surface area contributed by atoms with Gasteiger partial charge in [0.15, 0.2) is 4.34 Å². The standard InChI is InChI=1S/C14H11FN2O2S2/c1-8-12(5-13(18)19)21-14(17-8)20-7-10-2-9(6-16)3-11(15)4-10/h2-4H,5,7H2,1H3,(H,18,19). The molecule has 0 atom stereocenters. The maximum absolute atomic E-state index is 13.3. The van der Waals surface area contributed by atoms with E-state index in [1.54, 1.807) is 13.0 Å². The molecule has 0 fully saturated rings. The summed E-state index contributed by atoms with van der Waals surface area (Å²) >= 11 is 2.74. The van der Waals surface area contributed by atoms with Crippen LogP contribution < -0.4 is 0 Å². The van der Waals surface area contributed by atoms with E-state index in [1.165, 1.54) is 35.2 Å². The van der Waals surface area contributed by atoms with Gasteiger partial charge in [-0.25, -0.2) is 9.37 Å². The number of aryl methyl sites for hydroxylation is 1. The Bertz CT molecular complexity index is 722. The largest absolute Gasteiger partial charge is 0.481 e. The number of rotatable bonds is 5. The van der Waals surface area contributed by atoms with Gasteiger partial charge in [0, 0.05) is 10.6 Å². The fourth-order valence-corrected chi connectivity index (χ4v) is 3.86. The Hall–Kier alpha value is -1.91. The van der Waals surface area contributed by atoms with E-state index in [0.717, 1.165) is 9.22 Å². The van der Waals surface area contributed by atoms with Crippen molar-refractivity contribution in [3.63, 3.8) is 0 Å². The molecule has 0 amide bonds. The molecule has 1 aromatic heterocycles. The zero-order valence-corrected chi connectivity index (χ0v) is 12.7. The predicted molar refractivity (Wildman–Crippen MR) is 78.9 cm³/mol. The number of carbonyl (C=O) groups is 1. The number of hydrogen-bond donors (Lipinski definition) is 1. The molecule has 0 aliphatic heterocycles. The van der Waals surface area contributed by atoms with E-state index >= 15 is 0 Å². The first-order valence-corrected chi connectivity index (χ1v) is 7.78. The number of thioether (sulfide) groups is 1. The number of aromatic nitrogens is 1. The highest BCUT2D eigenvalue weighted by Crippen LogP contribution is 2.30. The van der Waals surface area contributed by atoms with E-state index in [2.05, 4.69) is 4.98 Å². The fourth-order valence-electron chi connectivity index (χ4n) is 1.71. The molecule has 0 radical (unpaired) electrons. The van der Waals surface area contributed by atoms with Crippen LogP contribution in [0.2, 0.25) is 0 Å². The van der Waals surface area contributed by atoms with Crippen LogP contribution in [0.3, 0.4) is 0 Å². The molecule has 2 aromatic rings. The van der Waals surface area contributed by atoms with Crippen molar-refractivity contribution in [1.29, 1.82) is 5.26 Å². The summed E-state index contributed by atoms with van der Waals surface area (Å²) < 4.78 is 14.1. The van der Waals surface area contributed by atoms with Crippen LogP contribution in [0.25, 0.3) is 0 Å². The van der Waals surface area contributed by atoms with E-state index in [0.29, 0.717) is 17.0 Å². The average Bonchev–Trinajstić information content (AvgIpc) is 2.75. The molecule has 0 unspecified atom stereocenters. The Morgan fingerprint density at radius 1 is 1.52 bits per heavy atom. The number of carboxylic acids is 1. The molecule has 2 rings (SSSR count). The number of carboxylic acid groups (broad SMARTS) is 1. The molecule has 21 heavy (non-hydrogen) atoms. The van der Waals surface area contributed by atoms with Crippen LogP contribution >= 0.6 is 23.1 Å². The summed E-state index contributed by atoms with van der Waals surface area (Å²) in [5.41, 5.74) is 1.69. The quantitative estimate of drug-likeness (QED) is 0.854. The van der Waals surface area contributed by atoms with Crippen molar-refractivity contribution in [3.05, 3.63) is 45.7 Å². The molecule has 4 nitrogen and oxygen atoms in total. The van der Waals surface area contributed by atoms with Gasteiger partial charge in [0.1, 0.15) is 5.82 Å². The highest BCUT2D eigenvalue weighted by atomic mass is 32.2. The number of thiazole rings is 1. The lowest BCUT2D eigenvalue weighted by atomic mass is 10.1. The Morgan fingerprint density at radius 3 is 2.95 bits per heavy atom. The lowest BCUT2D eigenvalue weighted by Gasteiger charge is -2.00. The van der Waals surface area contributed by atoms with Crippen molar-refractivity contribution in [2.45, 2.75) is 23.4 Å². The Balaban J connectivity index is 2.08. The number of nitriles is 1. The molecule has 7 heteroatoms. The van der Waals surface area contributed by atoms with Crippen LogP contribution in [0.15, 0.2) is 22.5 Å². The van der Waals surface area contributed by atoms with Crippen LogP contribution in [-0.2, 0) is 17.0 Å². The predicted octanol–water partition coefficient (Wildman–Crippen LogP) is 3.38. The van der Waals surface area contributed by atoms with E-state index in [-0.39, 0.29) is 12.0 Å². The minimum absolute atomic E-state index is 0.0391. The van der Waals surface area contributed by atoms with Gasteiger partial charge in [-0.1, -0.05) is 11.8 Å². The zero-order valence-electron chi connectivity index (χ0n) is 11.1. The van der Waals surface area contributed by atoms with Gasteiger partial charge in [-0.2, -0.15) is 5.26 Å². The second-order valence-electron chi connectivity index (χ2n) is 4.31. The Morgan fingerprint density at radius 2 is 2.29 bits per heavy atom. The molecule has 0 spiro atoms. The number of aliphatic carboxylic acids is 1. The van der Waals surface area contributed by atoms with Gasteiger partial charge in [-0.3, -0.25) is 4.79 Å². The van der Waals surface area contributed by atoms with E-state index in [1.807, 2.05) is 6.07 Å². The van der Waals surface area contributed by atoms with Crippen LogP contribution in [0, 0.1) is 24.1 Å². The third-order valence-electron chi connectivity index (χ3n) is 2.63. The summed E-state index contributed by atoms with van der Waals surface area (Å²) in [6.45, 7) is 1.77. The van der Waals surface area contributed by atoms with Gasteiger partial charge in [0.05, 0.1) is 23.7 Å². The first kappa shape index (κ1) is 15.5. The molecule has 0 saturated heterocycles. The molecule has 0 bridgehead atoms. The zero-order chi connectivity index (χ0) is 15.4. The van der Waals surface area contributed by atoms with E-state index < -0.39 is 11.8 Å². The molecule has 0 aliphatic carbocycles. The Labute approximate surface area is 129 Å². The maximum Gasteiger partial charge on any atom is 0.308 e. The van der Waals surface area contributed by atoms with Gasteiger partial charge in [0.25, 0.3) is 0 Å². The monoisotopic (exact) mass is 322 g/mol. The van der Waals surface area contributed by atoms with Gasteiger partial charge in [0.2, 0.25) is 0 Å². The van der Waals surface area contributed by atoms with Crippen LogP contribution in [0.4, 0.5) is 4.39 Å². The second kappa shape index (κ2) is 6.70. The van der Waals surface area contributed by atoms with Crippen LogP contribution in [0.1, 0.15) is 21.7 Å². The highest BCUT2D eigenvalue weighted by molar-refractivity contribution is 8.00. The fraction of sp³-hybridized carbons (Fsp3) is 0.214. The van der Waals surface area contributed by atoms with Crippen LogP contribution in [0.5, 0.6) is 0 Å². The summed E-state index contributed by atoms with van der Waals surface area (Å²) in [4.78, 5) is 15.7. The summed E-state index contributed by atoms with van der Waals surface area (Å²) in [7, 11) is 0. The smallest absolute Gasteiger partial charge is 0.308 e. The minimum atomic E-state index is -0.887. The van der Waals surface area contributed by atoms with Crippen molar-refractivity contribution in [2.75, 3.05) is 0 Å². The summed E-state index contributed by atoms with van der Waals surface area (Å²) in [6.07, 6.45) is -0.0391. The summed E-state index contributed by atoms with van der Waals surface area (Å²) in [5, 5.41) is 17.6. The van der Waals surface area contributed by atoms with Gasteiger partial charge in [-0.15, -0.1) is 11.3 Å². The van der Waals surface area contributed by atoms with Gasteiger partial charge < -0.3 is 5.11 Å². The van der Waals surface area contributed by atoms with Crippen molar-refractivity contribution in [3.8, 4) is 6.07 Å². The van der Waals surface area contributed by atoms with E-state index in [9.17, 15) is 9.18 Å². The normalized spacial score (nSPS) is 10.3. The number of nitrogens with zero attached hydrogens (tertiary/aromatic N) is 2. The van der Waals surface area contributed by atoms with Crippen molar-refractivity contribution in [1.82, 2.24) is 4.98 Å². The highest BCUT2D eigenvalue weighted by Gasteiger charge is 2.11. The third kappa shape index (κ3) is 4.28. The molecule has 1 aromatic carbocycles. The van der Waals surface area contributed by atoms with Gasteiger partial charge >= 0.3 is 5.97 Å². The molecule has 0 aliphatic rings.